The molecule has 8 heteroatoms. The van der Waals surface area contributed by atoms with Gasteiger partial charge in [-0.1, -0.05) is 19.8 Å². The van der Waals surface area contributed by atoms with Gasteiger partial charge in [-0.3, -0.25) is 11.3 Å². The molecule has 0 aromatic heterocycles. The molecule has 1 aliphatic carbocycles. The Hall–Kier alpha value is -0.500. The Morgan fingerprint density at radius 3 is 1.68 bits per heavy atom. The summed E-state index contributed by atoms with van der Waals surface area (Å²) in [5.41, 5.74) is 1.76. The maximum Gasteiger partial charge on any atom is 0.402 e. The molecular weight excluding hydrogens is 274 g/mol. The smallest absolute Gasteiger partial charge is 0.271 e. The fourth-order valence-corrected chi connectivity index (χ4v) is 2.74. The summed E-state index contributed by atoms with van der Waals surface area (Å²) in [5.74, 6) is 1.21. The molecule has 0 aromatic carbocycles. The Balaban J connectivity index is 2.91. The van der Waals surface area contributed by atoms with Gasteiger partial charge in [0.15, 0.2) is 5.92 Å². The highest BCUT2D eigenvalue weighted by atomic mass is 19.4. The highest BCUT2D eigenvalue weighted by molar-refractivity contribution is 4.91. The number of rotatable bonds is 3. The van der Waals surface area contributed by atoms with Gasteiger partial charge >= 0.3 is 12.4 Å². The maximum atomic E-state index is 12.7. The monoisotopic (exact) mass is 292 g/mol. The normalized spacial score (nSPS) is 27.6. The van der Waals surface area contributed by atoms with E-state index in [4.69, 9.17) is 5.84 Å². The molecule has 0 amide bonds. The largest absolute Gasteiger partial charge is 0.402 e. The number of hydrogen-bond donors (Lipinski definition) is 2. The van der Waals surface area contributed by atoms with Crippen molar-refractivity contribution in [2.45, 2.75) is 51.0 Å². The highest BCUT2D eigenvalue weighted by Gasteiger charge is 2.61. The second kappa shape index (κ2) is 5.87. The first-order valence-electron chi connectivity index (χ1n) is 6.17. The molecule has 3 N–H and O–H groups in total. The number of nitrogens with two attached hydrogens (primary N) is 1. The molecule has 2 nitrogen and oxygen atoms in total. The SMILES string of the molecule is CC1CCC(C(NN)C(C(F)(F)F)C(F)(F)F)CC1. The minimum Gasteiger partial charge on any atom is -0.271 e. The Morgan fingerprint density at radius 1 is 0.947 bits per heavy atom. The van der Waals surface area contributed by atoms with Crippen LogP contribution >= 0.6 is 0 Å². The van der Waals surface area contributed by atoms with Crippen LogP contribution in [0.4, 0.5) is 26.3 Å². The fourth-order valence-electron chi connectivity index (χ4n) is 2.74. The standard InChI is InChI=1S/C11H18F6N2/c1-6-2-4-7(5-3-6)8(19-18)9(10(12,13)14)11(15,16)17/h6-9,19H,2-5,18H2,1H3. The van der Waals surface area contributed by atoms with Crippen LogP contribution in [-0.4, -0.2) is 18.4 Å². The number of hydrogen-bond acceptors (Lipinski definition) is 2. The summed E-state index contributed by atoms with van der Waals surface area (Å²) in [4.78, 5) is 0. The fraction of sp³-hybridized carbons (Fsp3) is 1.00. The van der Waals surface area contributed by atoms with Crippen LogP contribution in [0.1, 0.15) is 32.6 Å². The van der Waals surface area contributed by atoms with Gasteiger partial charge in [0.1, 0.15) is 0 Å². The molecule has 1 aliphatic rings. The molecule has 0 aromatic rings. The summed E-state index contributed by atoms with van der Waals surface area (Å²) in [6, 6.07) is -1.81. The summed E-state index contributed by atoms with van der Waals surface area (Å²) < 4.78 is 76.0. The van der Waals surface area contributed by atoms with Gasteiger partial charge in [0.2, 0.25) is 0 Å². The van der Waals surface area contributed by atoms with E-state index >= 15 is 0 Å². The van der Waals surface area contributed by atoms with Gasteiger partial charge in [0.25, 0.3) is 0 Å². The third-order valence-electron chi connectivity index (χ3n) is 3.83. The van der Waals surface area contributed by atoms with E-state index in [0.717, 1.165) is 0 Å². The Bertz CT molecular complexity index is 266. The zero-order valence-corrected chi connectivity index (χ0v) is 10.5. The topological polar surface area (TPSA) is 38.0 Å². The molecule has 1 saturated carbocycles. The average molecular weight is 292 g/mol. The predicted molar refractivity (Wildman–Crippen MR) is 57.8 cm³/mol. The molecule has 1 rings (SSSR count). The molecule has 1 fully saturated rings. The average Bonchev–Trinajstić information content (AvgIpc) is 2.23. The van der Waals surface area contributed by atoms with E-state index in [0.29, 0.717) is 31.6 Å². The van der Waals surface area contributed by atoms with E-state index in [-0.39, 0.29) is 0 Å². The molecule has 1 unspecified atom stereocenters. The van der Waals surface area contributed by atoms with Gasteiger partial charge in [0, 0.05) is 6.04 Å². The molecule has 0 aliphatic heterocycles. The third kappa shape index (κ3) is 4.24. The molecule has 1 atom stereocenters. The van der Waals surface area contributed by atoms with Crippen molar-refractivity contribution in [3.8, 4) is 0 Å². The Morgan fingerprint density at radius 2 is 1.37 bits per heavy atom. The molecule has 0 saturated heterocycles. The predicted octanol–water partition coefficient (Wildman–Crippen LogP) is 3.39. The molecule has 0 radical (unpaired) electrons. The number of hydrazine groups is 1. The lowest BCUT2D eigenvalue weighted by atomic mass is 9.75. The second-order valence-corrected chi connectivity index (χ2v) is 5.27. The van der Waals surface area contributed by atoms with Gasteiger partial charge in [-0.15, -0.1) is 0 Å². The first kappa shape index (κ1) is 16.6. The van der Waals surface area contributed by atoms with Crippen LogP contribution in [-0.2, 0) is 0 Å². The summed E-state index contributed by atoms with van der Waals surface area (Å²) in [7, 11) is 0. The van der Waals surface area contributed by atoms with Crippen molar-refractivity contribution in [1.82, 2.24) is 5.43 Å². The van der Waals surface area contributed by atoms with Gasteiger partial charge in [-0.25, -0.2) is 0 Å². The summed E-state index contributed by atoms with van der Waals surface area (Å²) >= 11 is 0. The van der Waals surface area contributed by atoms with Crippen LogP contribution < -0.4 is 11.3 Å². The Labute approximate surface area is 107 Å². The molecule has 0 heterocycles. The van der Waals surface area contributed by atoms with Crippen molar-refractivity contribution in [2.24, 2.45) is 23.6 Å². The van der Waals surface area contributed by atoms with Crippen molar-refractivity contribution >= 4 is 0 Å². The zero-order chi connectivity index (χ0) is 14.8. The lowest BCUT2D eigenvalue weighted by Crippen LogP contribution is -2.56. The van der Waals surface area contributed by atoms with Crippen molar-refractivity contribution < 1.29 is 26.3 Å². The van der Waals surface area contributed by atoms with Crippen molar-refractivity contribution in [1.29, 1.82) is 0 Å². The van der Waals surface area contributed by atoms with Crippen LogP contribution in [0.15, 0.2) is 0 Å². The van der Waals surface area contributed by atoms with E-state index in [1.807, 2.05) is 6.92 Å². The first-order chi connectivity index (χ1) is 8.57. The van der Waals surface area contributed by atoms with Gasteiger partial charge in [-0.05, 0) is 24.7 Å². The highest BCUT2D eigenvalue weighted by Crippen LogP contribution is 2.45. The van der Waals surface area contributed by atoms with Crippen molar-refractivity contribution in [2.75, 3.05) is 0 Å². The van der Waals surface area contributed by atoms with E-state index in [1.165, 1.54) is 0 Å². The number of halogens is 6. The maximum absolute atomic E-state index is 12.7. The number of alkyl halides is 6. The van der Waals surface area contributed by atoms with Crippen molar-refractivity contribution in [3.63, 3.8) is 0 Å². The zero-order valence-electron chi connectivity index (χ0n) is 10.5. The van der Waals surface area contributed by atoms with E-state index in [1.54, 1.807) is 5.43 Å². The van der Waals surface area contributed by atoms with Crippen LogP contribution in [0.2, 0.25) is 0 Å². The summed E-state index contributed by atoms with van der Waals surface area (Å²) in [6.07, 6.45) is -8.77. The van der Waals surface area contributed by atoms with Crippen LogP contribution in [0, 0.1) is 17.8 Å². The molecule has 114 valence electrons. The minimum absolute atomic E-state index is 0.332. The first-order valence-corrected chi connectivity index (χ1v) is 6.17. The Kier molecular flexibility index (Phi) is 5.11. The molecule has 0 bridgehead atoms. The minimum atomic E-state index is -5.35. The lowest BCUT2D eigenvalue weighted by molar-refractivity contribution is -0.295. The molecule has 0 spiro atoms. The second-order valence-electron chi connectivity index (χ2n) is 5.27. The lowest BCUT2D eigenvalue weighted by Gasteiger charge is -2.38. The number of nitrogens with one attached hydrogen (secondary N) is 1. The summed E-state index contributed by atoms with van der Waals surface area (Å²) in [5, 5.41) is 0. The van der Waals surface area contributed by atoms with Crippen LogP contribution in [0.3, 0.4) is 0 Å². The van der Waals surface area contributed by atoms with Gasteiger partial charge < -0.3 is 0 Å². The molecular formula is C11H18F6N2. The third-order valence-corrected chi connectivity index (χ3v) is 3.83. The molecule has 19 heavy (non-hydrogen) atoms. The quantitative estimate of drug-likeness (QED) is 0.475. The van der Waals surface area contributed by atoms with Crippen LogP contribution in [0.25, 0.3) is 0 Å². The van der Waals surface area contributed by atoms with E-state index in [2.05, 4.69) is 0 Å². The van der Waals surface area contributed by atoms with Crippen LogP contribution in [0.5, 0.6) is 0 Å². The van der Waals surface area contributed by atoms with E-state index in [9.17, 15) is 26.3 Å². The van der Waals surface area contributed by atoms with Gasteiger partial charge in [0.05, 0.1) is 0 Å². The van der Waals surface area contributed by atoms with Gasteiger partial charge in [-0.2, -0.15) is 26.3 Å². The van der Waals surface area contributed by atoms with E-state index < -0.39 is 30.2 Å². The van der Waals surface area contributed by atoms with Crippen molar-refractivity contribution in [3.05, 3.63) is 0 Å². The summed E-state index contributed by atoms with van der Waals surface area (Å²) in [6.45, 7) is 1.94.